The monoisotopic (exact) mass is 707 g/mol. The lowest BCUT2D eigenvalue weighted by molar-refractivity contribution is -0.225. The summed E-state index contributed by atoms with van der Waals surface area (Å²) < 4.78 is 35.2. The minimum absolute atomic E-state index is 0.0887. The first-order valence-corrected chi connectivity index (χ1v) is 16.8. The quantitative estimate of drug-likeness (QED) is 0.174. The second-order valence-corrected chi connectivity index (χ2v) is 12.9. The lowest BCUT2D eigenvalue weighted by Crippen LogP contribution is -2.67. The van der Waals surface area contributed by atoms with Crippen molar-refractivity contribution in [1.82, 2.24) is 5.32 Å². The molecular formula is C37H41NO11S. The van der Waals surface area contributed by atoms with Crippen LogP contribution in [0.25, 0.3) is 0 Å². The average Bonchev–Trinajstić information content (AvgIpc) is 3.08. The summed E-state index contributed by atoms with van der Waals surface area (Å²) in [6.07, 6.45) is -5.46. The van der Waals surface area contributed by atoms with Gasteiger partial charge in [0, 0.05) is 45.6 Å². The van der Waals surface area contributed by atoms with Gasteiger partial charge in [-0.1, -0.05) is 90.6 Å². The van der Waals surface area contributed by atoms with Crippen LogP contribution in [0.2, 0.25) is 0 Å². The van der Waals surface area contributed by atoms with Gasteiger partial charge in [-0.15, -0.1) is 0 Å². The maximum Gasteiger partial charge on any atom is 0.349 e. The van der Waals surface area contributed by atoms with E-state index in [0.717, 1.165) is 36.7 Å². The Morgan fingerprint density at radius 1 is 0.760 bits per heavy atom. The Morgan fingerprint density at radius 3 is 1.90 bits per heavy atom. The second-order valence-electron chi connectivity index (χ2n) is 11.6. The zero-order valence-corrected chi connectivity index (χ0v) is 29.1. The lowest BCUT2D eigenvalue weighted by atomic mass is 9.89. The van der Waals surface area contributed by atoms with Crippen molar-refractivity contribution in [2.75, 3.05) is 6.61 Å². The zero-order valence-electron chi connectivity index (χ0n) is 28.3. The van der Waals surface area contributed by atoms with Crippen molar-refractivity contribution >= 4 is 41.6 Å². The van der Waals surface area contributed by atoms with Crippen molar-refractivity contribution in [3.63, 3.8) is 0 Å². The van der Waals surface area contributed by atoms with Crippen molar-refractivity contribution in [3.8, 4) is 0 Å². The van der Waals surface area contributed by atoms with E-state index in [4.69, 9.17) is 28.4 Å². The molecule has 0 aromatic heterocycles. The minimum Gasteiger partial charge on any atom is -0.462 e. The molecule has 0 saturated carbocycles. The molecule has 1 saturated heterocycles. The van der Waals surface area contributed by atoms with Crippen LogP contribution < -0.4 is 5.32 Å². The summed E-state index contributed by atoms with van der Waals surface area (Å²) in [4.78, 5) is 62.7. The zero-order chi connectivity index (χ0) is 36.1. The van der Waals surface area contributed by atoms with E-state index in [1.54, 1.807) is 36.4 Å². The first kappa shape index (κ1) is 38.1. The molecule has 3 aromatic rings. The van der Waals surface area contributed by atoms with Crippen molar-refractivity contribution in [2.24, 2.45) is 0 Å². The number of benzene rings is 3. The van der Waals surface area contributed by atoms with E-state index in [1.165, 1.54) is 13.8 Å². The third-order valence-electron chi connectivity index (χ3n) is 7.56. The molecule has 0 bridgehead atoms. The molecule has 6 atom stereocenters. The molecule has 0 radical (unpaired) electrons. The van der Waals surface area contributed by atoms with Crippen LogP contribution in [0.1, 0.15) is 45.2 Å². The van der Waals surface area contributed by atoms with E-state index < -0.39 is 71.8 Å². The van der Waals surface area contributed by atoms with Crippen molar-refractivity contribution in [1.29, 1.82) is 0 Å². The highest BCUT2D eigenvalue weighted by molar-refractivity contribution is 8.01. The predicted octanol–water partition coefficient (Wildman–Crippen LogP) is 4.52. The van der Waals surface area contributed by atoms with Crippen LogP contribution in [-0.2, 0) is 65.5 Å². The summed E-state index contributed by atoms with van der Waals surface area (Å²) in [5, 5.41) is 3.37. The smallest absolute Gasteiger partial charge is 0.349 e. The summed E-state index contributed by atoms with van der Waals surface area (Å²) in [6, 6.07) is 26.4. The molecule has 1 aliphatic rings. The van der Waals surface area contributed by atoms with Crippen LogP contribution in [0.4, 0.5) is 0 Å². The van der Waals surface area contributed by atoms with Crippen LogP contribution in [0.15, 0.2) is 95.9 Å². The molecule has 3 aromatic carbocycles. The summed E-state index contributed by atoms with van der Waals surface area (Å²) in [7, 11) is 0. The number of rotatable bonds is 15. The van der Waals surface area contributed by atoms with Crippen molar-refractivity contribution in [3.05, 3.63) is 102 Å². The summed E-state index contributed by atoms with van der Waals surface area (Å²) in [5.74, 6) is -3.64. The highest BCUT2D eigenvalue weighted by Crippen LogP contribution is 2.46. The largest absolute Gasteiger partial charge is 0.462 e. The van der Waals surface area contributed by atoms with Crippen LogP contribution in [0, 0.1) is 0 Å². The van der Waals surface area contributed by atoms with Crippen LogP contribution in [0.5, 0.6) is 0 Å². The Bertz CT molecular complexity index is 1590. The predicted molar refractivity (Wildman–Crippen MR) is 181 cm³/mol. The summed E-state index contributed by atoms with van der Waals surface area (Å²) in [5.41, 5.74) is 1.59. The molecule has 1 heterocycles. The number of thioether (sulfide) groups is 1. The highest BCUT2D eigenvalue weighted by atomic mass is 32.2. The number of carbonyl (C=O) groups excluding carboxylic acids is 5. The molecule has 12 nitrogen and oxygen atoms in total. The van der Waals surface area contributed by atoms with Gasteiger partial charge in [0.25, 0.3) is 0 Å². The molecule has 0 amide bonds. The molecule has 50 heavy (non-hydrogen) atoms. The molecule has 1 N–H and O–H groups in total. The van der Waals surface area contributed by atoms with Gasteiger partial charge in [0.15, 0.2) is 12.2 Å². The lowest BCUT2D eigenvalue weighted by Gasteiger charge is -2.49. The molecular weight excluding hydrogens is 666 g/mol. The van der Waals surface area contributed by atoms with Crippen molar-refractivity contribution in [2.45, 2.75) is 87.6 Å². The molecule has 4 rings (SSSR count). The molecule has 0 spiro atoms. The van der Waals surface area contributed by atoms with Crippen LogP contribution in [-0.4, -0.2) is 71.8 Å². The SMILES string of the molecule is CC(=O)OC[C@@H](OC(C)=O)[C@@H](OC(C)=O)C1O[C@](Sc2ccccc2)(C(=O)OCc2ccccc2)C[C@H](OC(C)=O)[C@H]1NCc1ccccc1. The maximum absolute atomic E-state index is 14.4. The van der Waals surface area contributed by atoms with E-state index in [1.807, 2.05) is 54.6 Å². The van der Waals surface area contributed by atoms with E-state index >= 15 is 0 Å². The first-order valence-electron chi connectivity index (χ1n) is 16.0. The Hall–Kier alpha value is -4.72. The molecule has 1 unspecified atom stereocenters. The normalized spacial score (nSPS) is 21.2. The van der Waals surface area contributed by atoms with Crippen LogP contribution in [0.3, 0.4) is 0 Å². The number of esters is 5. The average molecular weight is 708 g/mol. The Morgan fingerprint density at radius 2 is 1.34 bits per heavy atom. The van der Waals surface area contributed by atoms with E-state index in [9.17, 15) is 24.0 Å². The van der Waals surface area contributed by atoms with Gasteiger partial charge in [-0.25, -0.2) is 4.79 Å². The third-order valence-corrected chi connectivity index (χ3v) is 8.83. The fraction of sp³-hybridized carbons (Fsp3) is 0.378. The Balaban J connectivity index is 1.86. The van der Waals surface area contributed by atoms with Gasteiger partial charge in [-0.3, -0.25) is 19.2 Å². The maximum atomic E-state index is 14.4. The molecule has 266 valence electrons. The van der Waals surface area contributed by atoms with Gasteiger partial charge in [0.05, 0.1) is 6.04 Å². The van der Waals surface area contributed by atoms with E-state index in [0.29, 0.717) is 4.90 Å². The number of hydrogen-bond donors (Lipinski definition) is 1. The summed E-state index contributed by atoms with van der Waals surface area (Å²) >= 11 is 1.04. The standard InChI is InChI=1S/C37H41NO11S/c1-24(39)44-23-32(47-26(3)41)34(48-27(4)42)35-33(38-21-28-14-8-5-9-15-28)31(46-25(2)40)20-37(49-35,50-30-18-12-7-13-19-30)36(43)45-22-29-16-10-6-11-17-29/h5-19,31-35,38H,20-23H2,1-4H3/t31-,32+,33+,34+,35?,37+/m0/s1. The number of hydrogen-bond acceptors (Lipinski definition) is 13. The van der Waals surface area contributed by atoms with E-state index in [2.05, 4.69) is 5.32 Å². The second kappa shape index (κ2) is 18.3. The Kier molecular flexibility index (Phi) is 14.0. The van der Waals surface area contributed by atoms with Crippen LogP contribution >= 0.6 is 11.8 Å². The van der Waals surface area contributed by atoms with Gasteiger partial charge >= 0.3 is 29.8 Å². The number of ether oxygens (including phenoxy) is 6. The van der Waals surface area contributed by atoms with Gasteiger partial charge in [0.1, 0.15) is 25.4 Å². The first-order chi connectivity index (χ1) is 24.0. The number of nitrogens with one attached hydrogen (secondary N) is 1. The van der Waals surface area contributed by atoms with Gasteiger partial charge in [-0.05, 0) is 23.3 Å². The van der Waals surface area contributed by atoms with Gasteiger partial charge < -0.3 is 33.7 Å². The topological polar surface area (TPSA) is 153 Å². The number of carbonyl (C=O) groups is 5. The van der Waals surface area contributed by atoms with Gasteiger partial charge in [0.2, 0.25) is 4.93 Å². The molecule has 1 aliphatic heterocycles. The van der Waals surface area contributed by atoms with Crippen molar-refractivity contribution < 1.29 is 52.4 Å². The highest BCUT2D eigenvalue weighted by Gasteiger charge is 2.58. The fourth-order valence-corrected chi connectivity index (χ4v) is 6.75. The minimum atomic E-state index is -1.88. The fourth-order valence-electron chi connectivity index (χ4n) is 5.53. The molecule has 13 heteroatoms. The summed E-state index contributed by atoms with van der Waals surface area (Å²) in [6.45, 7) is 4.37. The van der Waals surface area contributed by atoms with E-state index in [-0.39, 0.29) is 19.6 Å². The molecule has 1 fully saturated rings. The molecule has 0 aliphatic carbocycles. The third kappa shape index (κ3) is 11.2. The Labute approximate surface area is 295 Å². The van der Waals surface area contributed by atoms with Gasteiger partial charge in [-0.2, -0.15) is 0 Å².